The van der Waals surface area contributed by atoms with E-state index in [1.54, 1.807) is 18.2 Å². The van der Waals surface area contributed by atoms with E-state index in [-0.39, 0.29) is 11.3 Å². The van der Waals surface area contributed by atoms with Crippen molar-refractivity contribution in [2.24, 2.45) is 5.41 Å². The Morgan fingerprint density at radius 2 is 2.05 bits per heavy atom. The third-order valence-corrected chi connectivity index (χ3v) is 4.84. The first-order valence-electron chi connectivity index (χ1n) is 8.04. The zero-order valence-corrected chi connectivity index (χ0v) is 13.5. The zero-order chi connectivity index (χ0) is 16.2. The summed E-state index contributed by atoms with van der Waals surface area (Å²) in [5, 5.41) is 9.18. The molecule has 1 N–H and O–H groups in total. The van der Waals surface area contributed by atoms with Crippen LogP contribution in [0.5, 0.6) is 0 Å². The van der Waals surface area contributed by atoms with Crippen LogP contribution >= 0.6 is 0 Å². The highest BCUT2D eigenvalue weighted by atomic mass is 16.4. The van der Waals surface area contributed by atoms with E-state index >= 15 is 0 Å². The van der Waals surface area contributed by atoms with Gasteiger partial charge in [0, 0.05) is 19.5 Å². The molecule has 0 spiro atoms. The number of carbonyl (C=O) groups is 2. The van der Waals surface area contributed by atoms with Crippen LogP contribution in [0.1, 0.15) is 55.5 Å². The lowest BCUT2D eigenvalue weighted by atomic mass is 9.79. The van der Waals surface area contributed by atoms with Crippen molar-refractivity contribution in [3.8, 4) is 0 Å². The number of carboxylic acid groups (broad SMARTS) is 1. The molecule has 1 saturated heterocycles. The fourth-order valence-corrected chi connectivity index (χ4v) is 3.16. The first-order chi connectivity index (χ1) is 10.4. The van der Waals surface area contributed by atoms with Gasteiger partial charge in [0.15, 0.2) is 0 Å². The van der Waals surface area contributed by atoms with E-state index in [4.69, 9.17) is 0 Å². The summed E-state index contributed by atoms with van der Waals surface area (Å²) in [6.45, 7) is 6.07. The second-order valence-corrected chi connectivity index (χ2v) is 6.55. The highest BCUT2D eigenvalue weighted by Crippen LogP contribution is 2.32. The maximum Gasteiger partial charge on any atom is 0.335 e. The van der Waals surface area contributed by atoms with Crippen LogP contribution in [0.15, 0.2) is 24.3 Å². The number of rotatable bonds is 5. The topological polar surface area (TPSA) is 57.6 Å². The third-order valence-electron chi connectivity index (χ3n) is 4.84. The number of amides is 1. The second kappa shape index (κ2) is 6.95. The summed E-state index contributed by atoms with van der Waals surface area (Å²) in [4.78, 5) is 25.6. The first kappa shape index (κ1) is 16.5. The number of piperidine rings is 1. The predicted molar refractivity (Wildman–Crippen MR) is 85.9 cm³/mol. The largest absolute Gasteiger partial charge is 0.478 e. The molecule has 1 aliphatic rings. The van der Waals surface area contributed by atoms with Gasteiger partial charge in [-0.15, -0.1) is 0 Å². The Kier molecular flexibility index (Phi) is 5.22. The summed E-state index contributed by atoms with van der Waals surface area (Å²) >= 11 is 0. The Morgan fingerprint density at radius 3 is 2.73 bits per heavy atom. The molecule has 4 heteroatoms. The molecular weight excluding hydrogens is 278 g/mol. The molecule has 1 aromatic carbocycles. The van der Waals surface area contributed by atoms with Crippen LogP contribution in [0.2, 0.25) is 0 Å². The van der Waals surface area contributed by atoms with Crippen molar-refractivity contribution in [1.82, 2.24) is 4.90 Å². The van der Waals surface area contributed by atoms with Crippen LogP contribution in [0, 0.1) is 5.41 Å². The van der Waals surface area contributed by atoms with E-state index in [0.29, 0.717) is 18.4 Å². The maximum atomic E-state index is 12.4. The predicted octanol–water partition coefficient (Wildman–Crippen LogP) is 3.36. The Labute approximate surface area is 132 Å². The van der Waals surface area contributed by atoms with Gasteiger partial charge in [0.05, 0.1) is 5.56 Å². The van der Waals surface area contributed by atoms with Crippen molar-refractivity contribution in [1.29, 1.82) is 0 Å². The molecule has 4 nitrogen and oxygen atoms in total. The summed E-state index contributed by atoms with van der Waals surface area (Å²) < 4.78 is 0. The van der Waals surface area contributed by atoms with E-state index < -0.39 is 5.97 Å². The fraction of sp³-hybridized carbons (Fsp3) is 0.556. The second-order valence-electron chi connectivity index (χ2n) is 6.55. The normalized spacial score (nSPS) is 21.6. The number of carboxylic acids is 1. The molecule has 0 aliphatic carbocycles. The number of hydrogen-bond donors (Lipinski definition) is 1. The van der Waals surface area contributed by atoms with Gasteiger partial charge in [-0.1, -0.05) is 32.0 Å². The highest BCUT2D eigenvalue weighted by Gasteiger charge is 2.31. The van der Waals surface area contributed by atoms with Crippen LogP contribution < -0.4 is 0 Å². The maximum absolute atomic E-state index is 12.4. The molecule has 22 heavy (non-hydrogen) atoms. The summed E-state index contributed by atoms with van der Waals surface area (Å²) in [7, 11) is 0. The third kappa shape index (κ3) is 3.87. The van der Waals surface area contributed by atoms with Crippen molar-refractivity contribution in [3.05, 3.63) is 35.4 Å². The Morgan fingerprint density at radius 1 is 1.32 bits per heavy atom. The zero-order valence-electron chi connectivity index (χ0n) is 13.5. The molecule has 1 unspecified atom stereocenters. The molecule has 0 bridgehead atoms. The van der Waals surface area contributed by atoms with Gasteiger partial charge in [0.25, 0.3) is 0 Å². The van der Waals surface area contributed by atoms with Gasteiger partial charge < -0.3 is 10.0 Å². The van der Waals surface area contributed by atoms with Gasteiger partial charge in [-0.2, -0.15) is 0 Å². The van der Waals surface area contributed by atoms with Gasteiger partial charge in [0.1, 0.15) is 0 Å². The molecule has 0 radical (unpaired) electrons. The van der Waals surface area contributed by atoms with E-state index in [9.17, 15) is 14.7 Å². The van der Waals surface area contributed by atoms with Crippen molar-refractivity contribution < 1.29 is 14.7 Å². The van der Waals surface area contributed by atoms with E-state index in [0.717, 1.165) is 31.5 Å². The van der Waals surface area contributed by atoms with Crippen molar-refractivity contribution >= 4 is 11.9 Å². The standard InChI is InChI=1S/C18H25NO3/c1-3-18(2)11-6-12-19(13-18)16(20)10-9-14-7-4-5-8-15(14)17(21)22/h4-5,7-8H,3,6,9-13H2,1-2H3,(H,21,22). The number of aryl methyl sites for hydroxylation is 1. The van der Waals surface area contributed by atoms with Gasteiger partial charge in [-0.3, -0.25) is 4.79 Å². The minimum Gasteiger partial charge on any atom is -0.478 e. The number of nitrogens with zero attached hydrogens (tertiary/aromatic N) is 1. The highest BCUT2D eigenvalue weighted by molar-refractivity contribution is 5.89. The van der Waals surface area contributed by atoms with Crippen LogP contribution in [-0.4, -0.2) is 35.0 Å². The van der Waals surface area contributed by atoms with Crippen molar-refractivity contribution in [2.75, 3.05) is 13.1 Å². The average molecular weight is 303 g/mol. The minimum atomic E-state index is -0.931. The number of aromatic carboxylic acids is 1. The van der Waals surface area contributed by atoms with Gasteiger partial charge >= 0.3 is 5.97 Å². The summed E-state index contributed by atoms with van der Waals surface area (Å²) in [5.41, 5.74) is 1.26. The Hall–Kier alpha value is -1.84. The lowest BCUT2D eigenvalue weighted by molar-refractivity contribution is -0.134. The summed E-state index contributed by atoms with van der Waals surface area (Å²) in [5.74, 6) is -0.792. The monoisotopic (exact) mass is 303 g/mol. The van der Waals surface area contributed by atoms with E-state index in [2.05, 4.69) is 13.8 Å². The molecule has 1 heterocycles. The van der Waals surface area contributed by atoms with Gasteiger partial charge in [0.2, 0.25) is 5.91 Å². The van der Waals surface area contributed by atoms with Crippen LogP contribution in [0.3, 0.4) is 0 Å². The average Bonchev–Trinajstić information content (AvgIpc) is 2.52. The van der Waals surface area contributed by atoms with Crippen LogP contribution in [-0.2, 0) is 11.2 Å². The lowest BCUT2D eigenvalue weighted by Crippen LogP contribution is -2.44. The molecule has 0 aromatic heterocycles. The van der Waals surface area contributed by atoms with E-state index in [1.807, 2.05) is 11.0 Å². The van der Waals surface area contributed by atoms with Crippen LogP contribution in [0.25, 0.3) is 0 Å². The van der Waals surface area contributed by atoms with E-state index in [1.165, 1.54) is 6.42 Å². The number of hydrogen-bond acceptors (Lipinski definition) is 2. The fourth-order valence-electron chi connectivity index (χ4n) is 3.16. The summed E-state index contributed by atoms with van der Waals surface area (Å²) in [6.07, 6.45) is 4.18. The SMILES string of the molecule is CCC1(C)CCCN(C(=O)CCc2ccccc2C(=O)O)C1. The Bertz CT molecular complexity index is 555. The number of carbonyl (C=O) groups excluding carboxylic acids is 1. The summed E-state index contributed by atoms with van der Waals surface area (Å²) in [6, 6.07) is 6.92. The Balaban J connectivity index is 1.97. The molecule has 1 aliphatic heterocycles. The lowest BCUT2D eigenvalue weighted by Gasteiger charge is -2.40. The molecule has 120 valence electrons. The minimum absolute atomic E-state index is 0.138. The molecule has 1 amide bonds. The van der Waals surface area contributed by atoms with Crippen LogP contribution in [0.4, 0.5) is 0 Å². The smallest absolute Gasteiger partial charge is 0.335 e. The van der Waals surface area contributed by atoms with Crippen molar-refractivity contribution in [2.45, 2.75) is 46.0 Å². The molecule has 1 aromatic rings. The number of benzene rings is 1. The van der Waals surface area contributed by atoms with Gasteiger partial charge in [-0.05, 0) is 42.7 Å². The quantitative estimate of drug-likeness (QED) is 0.907. The molecule has 1 fully saturated rings. The number of likely N-dealkylation sites (tertiary alicyclic amines) is 1. The molecular formula is C18H25NO3. The van der Waals surface area contributed by atoms with Gasteiger partial charge in [-0.25, -0.2) is 4.79 Å². The molecule has 1 atom stereocenters. The first-order valence-corrected chi connectivity index (χ1v) is 8.04. The molecule has 0 saturated carbocycles. The molecule has 2 rings (SSSR count). The van der Waals surface area contributed by atoms with Crippen molar-refractivity contribution in [3.63, 3.8) is 0 Å².